The third-order valence-electron chi connectivity index (χ3n) is 3.09. The highest BCUT2D eigenvalue weighted by molar-refractivity contribution is 5.93. The number of carbonyl (C=O) groups excluding carboxylic acids is 1. The lowest BCUT2D eigenvalue weighted by atomic mass is 10.1. The van der Waals surface area contributed by atoms with E-state index >= 15 is 0 Å². The fourth-order valence-electron chi connectivity index (χ4n) is 1.72. The van der Waals surface area contributed by atoms with E-state index in [-0.39, 0.29) is 23.2 Å². The average Bonchev–Trinajstić information content (AvgIpc) is 3.08. The molecule has 3 N–H and O–H groups in total. The first-order valence-electron chi connectivity index (χ1n) is 5.54. The van der Waals surface area contributed by atoms with Crippen molar-refractivity contribution < 1.29 is 13.6 Å². The highest BCUT2D eigenvalue weighted by atomic mass is 19.1. The molecular formula is C12H14F2N2O. The maximum Gasteiger partial charge on any atom is 0.227 e. The fourth-order valence-corrected chi connectivity index (χ4v) is 1.72. The second-order valence-corrected chi connectivity index (χ2v) is 4.47. The standard InChI is InChI=1S/C12H14F2N2O/c1-6(7-2-3-7)12(17)16-11-5-10(15)8(13)4-9(11)14/h4-7H,2-3,15H2,1H3,(H,16,17). The molecule has 92 valence electrons. The zero-order valence-corrected chi connectivity index (χ0v) is 9.47. The van der Waals surface area contributed by atoms with Crippen molar-refractivity contribution in [2.24, 2.45) is 11.8 Å². The Labute approximate surface area is 98.0 Å². The van der Waals surface area contributed by atoms with E-state index in [9.17, 15) is 13.6 Å². The molecule has 0 spiro atoms. The minimum Gasteiger partial charge on any atom is -0.396 e. The van der Waals surface area contributed by atoms with Crippen LogP contribution in [0.3, 0.4) is 0 Å². The molecule has 0 radical (unpaired) electrons. The number of nitrogen functional groups attached to an aromatic ring is 1. The van der Waals surface area contributed by atoms with Crippen molar-refractivity contribution in [3.8, 4) is 0 Å². The second kappa shape index (κ2) is 4.31. The number of rotatable bonds is 3. The van der Waals surface area contributed by atoms with E-state index < -0.39 is 11.6 Å². The molecule has 1 atom stereocenters. The number of hydrogen-bond donors (Lipinski definition) is 2. The van der Waals surface area contributed by atoms with Crippen molar-refractivity contribution in [2.75, 3.05) is 11.1 Å². The van der Waals surface area contributed by atoms with E-state index in [0.717, 1.165) is 18.9 Å². The molecule has 1 aliphatic rings. The Hall–Kier alpha value is -1.65. The molecule has 3 nitrogen and oxygen atoms in total. The smallest absolute Gasteiger partial charge is 0.227 e. The quantitative estimate of drug-likeness (QED) is 0.798. The minimum absolute atomic E-state index is 0.0681. The highest BCUT2D eigenvalue weighted by Crippen LogP contribution is 2.37. The van der Waals surface area contributed by atoms with Crippen LogP contribution in [-0.2, 0) is 4.79 Å². The van der Waals surface area contributed by atoms with Gasteiger partial charge in [0.15, 0.2) is 0 Å². The molecule has 1 aliphatic carbocycles. The number of carbonyl (C=O) groups is 1. The van der Waals surface area contributed by atoms with Gasteiger partial charge in [0, 0.05) is 12.0 Å². The zero-order chi connectivity index (χ0) is 12.6. The normalized spacial score (nSPS) is 16.6. The number of nitrogens with two attached hydrogens (primary N) is 1. The molecule has 0 bridgehead atoms. The minimum atomic E-state index is -0.823. The van der Waals surface area contributed by atoms with Gasteiger partial charge in [0.05, 0.1) is 11.4 Å². The molecule has 1 saturated carbocycles. The van der Waals surface area contributed by atoms with Crippen LogP contribution in [0.1, 0.15) is 19.8 Å². The molecular weight excluding hydrogens is 226 g/mol. The maximum atomic E-state index is 13.4. The van der Waals surface area contributed by atoms with Gasteiger partial charge in [-0.2, -0.15) is 0 Å². The molecule has 0 aromatic heterocycles. The third-order valence-corrected chi connectivity index (χ3v) is 3.09. The molecule has 1 aromatic rings. The summed E-state index contributed by atoms with van der Waals surface area (Å²) in [4.78, 5) is 11.7. The van der Waals surface area contributed by atoms with E-state index in [4.69, 9.17) is 5.73 Å². The van der Waals surface area contributed by atoms with Gasteiger partial charge < -0.3 is 11.1 Å². The molecule has 0 heterocycles. The molecule has 17 heavy (non-hydrogen) atoms. The van der Waals surface area contributed by atoms with E-state index in [2.05, 4.69) is 5.32 Å². The van der Waals surface area contributed by atoms with Gasteiger partial charge in [0.25, 0.3) is 0 Å². The Balaban J connectivity index is 2.12. The number of hydrogen-bond acceptors (Lipinski definition) is 2. The Bertz CT molecular complexity index is 458. The van der Waals surface area contributed by atoms with Gasteiger partial charge in [-0.15, -0.1) is 0 Å². The lowest BCUT2D eigenvalue weighted by Crippen LogP contribution is -2.22. The average molecular weight is 240 g/mol. The summed E-state index contributed by atoms with van der Waals surface area (Å²) in [5.74, 6) is -1.65. The van der Waals surface area contributed by atoms with Crippen molar-refractivity contribution in [1.29, 1.82) is 0 Å². The van der Waals surface area contributed by atoms with Gasteiger partial charge in [0.1, 0.15) is 11.6 Å². The Morgan fingerprint density at radius 3 is 2.65 bits per heavy atom. The van der Waals surface area contributed by atoms with Gasteiger partial charge in [-0.05, 0) is 24.8 Å². The lowest BCUT2D eigenvalue weighted by Gasteiger charge is -2.12. The SMILES string of the molecule is CC(C(=O)Nc1cc(N)c(F)cc1F)C1CC1. The van der Waals surface area contributed by atoms with Crippen molar-refractivity contribution in [3.63, 3.8) is 0 Å². The molecule has 1 fully saturated rings. The molecule has 1 amide bonds. The molecule has 2 rings (SSSR count). The van der Waals surface area contributed by atoms with Gasteiger partial charge in [0.2, 0.25) is 5.91 Å². The number of nitrogens with one attached hydrogen (secondary N) is 1. The predicted molar refractivity (Wildman–Crippen MR) is 61.3 cm³/mol. The van der Waals surface area contributed by atoms with Crippen LogP contribution in [0, 0.1) is 23.5 Å². The molecule has 1 aromatic carbocycles. The van der Waals surface area contributed by atoms with Crippen molar-refractivity contribution >= 4 is 17.3 Å². The first-order valence-corrected chi connectivity index (χ1v) is 5.54. The van der Waals surface area contributed by atoms with Crippen LogP contribution in [0.25, 0.3) is 0 Å². The van der Waals surface area contributed by atoms with Crippen LogP contribution >= 0.6 is 0 Å². The monoisotopic (exact) mass is 240 g/mol. The summed E-state index contributed by atoms with van der Waals surface area (Å²) in [5.41, 5.74) is 5.07. The molecule has 0 aliphatic heterocycles. The van der Waals surface area contributed by atoms with Gasteiger partial charge in [-0.25, -0.2) is 8.78 Å². The van der Waals surface area contributed by atoms with Crippen LogP contribution in [-0.4, -0.2) is 5.91 Å². The fraction of sp³-hybridized carbons (Fsp3) is 0.417. The number of anilines is 2. The number of amides is 1. The van der Waals surface area contributed by atoms with E-state index in [1.54, 1.807) is 6.92 Å². The summed E-state index contributed by atoms with van der Waals surface area (Å²) in [6.45, 7) is 1.80. The Morgan fingerprint density at radius 1 is 1.41 bits per heavy atom. The highest BCUT2D eigenvalue weighted by Gasteiger charge is 2.32. The summed E-state index contributed by atoms with van der Waals surface area (Å²) in [5, 5.41) is 2.44. The van der Waals surface area contributed by atoms with Crippen molar-refractivity contribution in [3.05, 3.63) is 23.8 Å². The van der Waals surface area contributed by atoms with Crippen LogP contribution in [0.15, 0.2) is 12.1 Å². The van der Waals surface area contributed by atoms with Crippen molar-refractivity contribution in [1.82, 2.24) is 0 Å². The predicted octanol–water partition coefficient (Wildman–Crippen LogP) is 2.53. The van der Waals surface area contributed by atoms with Crippen molar-refractivity contribution in [2.45, 2.75) is 19.8 Å². The van der Waals surface area contributed by atoms with E-state index in [0.29, 0.717) is 12.0 Å². The summed E-state index contributed by atoms with van der Waals surface area (Å²) >= 11 is 0. The lowest BCUT2D eigenvalue weighted by molar-refractivity contribution is -0.119. The summed E-state index contributed by atoms with van der Waals surface area (Å²) in [6.07, 6.45) is 2.06. The first-order chi connectivity index (χ1) is 7.99. The summed E-state index contributed by atoms with van der Waals surface area (Å²) in [7, 11) is 0. The van der Waals surface area contributed by atoms with Gasteiger partial charge in [-0.1, -0.05) is 6.92 Å². The maximum absolute atomic E-state index is 13.4. The van der Waals surface area contributed by atoms with E-state index in [1.165, 1.54) is 0 Å². The number of halogens is 2. The molecule has 0 saturated heterocycles. The van der Waals surface area contributed by atoms with Gasteiger partial charge in [-0.3, -0.25) is 4.79 Å². The zero-order valence-electron chi connectivity index (χ0n) is 9.47. The largest absolute Gasteiger partial charge is 0.396 e. The van der Waals surface area contributed by atoms with Crippen LogP contribution < -0.4 is 11.1 Å². The first kappa shape index (κ1) is 11.8. The van der Waals surface area contributed by atoms with E-state index in [1.807, 2.05) is 0 Å². The van der Waals surface area contributed by atoms with Crippen LogP contribution in [0.2, 0.25) is 0 Å². The van der Waals surface area contributed by atoms with Gasteiger partial charge >= 0.3 is 0 Å². The Kier molecular flexibility index (Phi) is 3.00. The van der Waals surface area contributed by atoms with Crippen LogP contribution in [0.4, 0.5) is 20.2 Å². The summed E-state index contributed by atoms with van der Waals surface area (Å²) in [6, 6.07) is 1.77. The molecule has 5 heteroatoms. The van der Waals surface area contributed by atoms with Crippen LogP contribution in [0.5, 0.6) is 0 Å². The topological polar surface area (TPSA) is 55.1 Å². The second-order valence-electron chi connectivity index (χ2n) is 4.47. The Morgan fingerprint density at radius 2 is 2.06 bits per heavy atom. The molecule has 1 unspecified atom stereocenters. The number of benzene rings is 1. The third kappa shape index (κ3) is 2.54. The summed E-state index contributed by atoms with van der Waals surface area (Å²) < 4.78 is 26.3.